The molecule has 2 aromatic rings. The summed E-state index contributed by atoms with van der Waals surface area (Å²) in [6.07, 6.45) is 1.52. The minimum atomic E-state index is -0.468. The molecule has 0 aliphatic rings. The quantitative estimate of drug-likeness (QED) is 0.890. The lowest BCUT2D eigenvalue weighted by Gasteiger charge is -2.07. The van der Waals surface area contributed by atoms with Gasteiger partial charge in [0.2, 0.25) is 0 Å². The zero-order valence-corrected chi connectivity index (χ0v) is 11.4. The molecule has 1 aromatic heterocycles. The second-order valence-electron chi connectivity index (χ2n) is 4.40. The third kappa shape index (κ3) is 4.24. The van der Waals surface area contributed by atoms with Crippen molar-refractivity contribution in [1.82, 2.24) is 20.5 Å². The Bertz CT molecular complexity index is 652. The van der Waals surface area contributed by atoms with Gasteiger partial charge in [0.15, 0.2) is 0 Å². The summed E-state index contributed by atoms with van der Waals surface area (Å²) >= 11 is 0. The van der Waals surface area contributed by atoms with E-state index in [4.69, 9.17) is 5.26 Å². The molecule has 0 spiro atoms. The molecular weight excluding hydrogens is 268 g/mol. The van der Waals surface area contributed by atoms with E-state index >= 15 is 0 Å². The molecule has 0 saturated carbocycles. The molecular formula is C14H14N6O. The number of rotatable bonds is 4. The summed E-state index contributed by atoms with van der Waals surface area (Å²) in [6, 6.07) is 11.0. The number of hydrogen-bond donors (Lipinski definition) is 2. The number of hydrogen-bond acceptors (Lipinski definition) is 5. The van der Waals surface area contributed by atoms with E-state index in [2.05, 4.69) is 25.8 Å². The van der Waals surface area contributed by atoms with Crippen molar-refractivity contribution in [2.24, 2.45) is 5.92 Å². The summed E-state index contributed by atoms with van der Waals surface area (Å²) in [4.78, 5) is 15.9. The highest BCUT2D eigenvalue weighted by Crippen LogP contribution is 2.15. The first-order chi connectivity index (χ1) is 10.2. The van der Waals surface area contributed by atoms with Crippen molar-refractivity contribution in [3.63, 3.8) is 0 Å². The van der Waals surface area contributed by atoms with Crippen molar-refractivity contribution in [1.29, 1.82) is 5.26 Å². The molecule has 2 rings (SSSR count). The van der Waals surface area contributed by atoms with Gasteiger partial charge >= 0.3 is 6.03 Å². The van der Waals surface area contributed by atoms with Gasteiger partial charge in [-0.15, -0.1) is 5.10 Å². The van der Waals surface area contributed by atoms with E-state index in [-0.39, 0.29) is 18.4 Å². The average molecular weight is 282 g/mol. The van der Waals surface area contributed by atoms with Gasteiger partial charge in [0.25, 0.3) is 5.95 Å². The fourth-order valence-corrected chi connectivity index (χ4v) is 1.54. The van der Waals surface area contributed by atoms with Gasteiger partial charge in [0.05, 0.1) is 23.9 Å². The third-order valence-corrected chi connectivity index (χ3v) is 2.64. The van der Waals surface area contributed by atoms with E-state index in [1.807, 2.05) is 36.4 Å². The number of nitriles is 1. The summed E-state index contributed by atoms with van der Waals surface area (Å²) in [7, 11) is 0. The Balaban J connectivity index is 2.02. The lowest BCUT2D eigenvalue weighted by atomic mass is 10.2. The van der Waals surface area contributed by atoms with Crippen LogP contribution in [0.25, 0.3) is 11.3 Å². The minimum Gasteiger partial charge on any atom is -0.336 e. The van der Waals surface area contributed by atoms with E-state index < -0.39 is 6.03 Å². The first kappa shape index (κ1) is 14.4. The Hall–Kier alpha value is -3.01. The van der Waals surface area contributed by atoms with E-state index in [0.717, 1.165) is 5.56 Å². The maximum Gasteiger partial charge on any atom is 0.321 e. The topological polar surface area (TPSA) is 104 Å². The van der Waals surface area contributed by atoms with Crippen LogP contribution in [0.2, 0.25) is 0 Å². The molecule has 7 heteroatoms. The van der Waals surface area contributed by atoms with E-state index in [9.17, 15) is 4.79 Å². The van der Waals surface area contributed by atoms with Crippen LogP contribution in [-0.4, -0.2) is 27.8 Å². The first-order valence-corrected chi connectivity index (χ1v) is 6.38. The predicted octanol–water partition coefficient (Wildman–Crippen LogP) is 1.82. The Kier molecular flexibility index (Phi) is 4.77. The van der Waals surface area contributed by atoms with Crippen molar-refractivity contribution < 1.29 is 4.79 Å². The van der Waals surface area contributed by atoms with Crippen molar-refractivity contribution in [2.75, 3.05) is 11.9 Å². The third-order valence-electron chi connectivity index (χ3n) is 2.64. The summed E-state index contributed by atoms with van der Waals surface area (Å²) in [5.41, 5.74) is 1.50. The van der Waals surface area contributed by atoms with Crippen LogP contribution in [0, 0.1) is 17.2 Å². The van der Waals surface area contributed by atoms with Gasteiger partial charge in [-0.2, -0.15) is 10.4 Å². The maximum absolute atomic E-state index is 11.6. The molecule has 2 amide bonds. The smallest absolute Gasteiger partial charge is 0.321 e. The number of anilines is 1. The highest BCUT2D eigenvalue weighted by molar-refractivity contribution is 5.87. The van der Waals surface area contributed by atoms with Crippen LogP contribution >= 0.6 is 0 Å². The first-order valence-electron chi connectivity index (χ1n) is 6.38. The number of benzene rings is 1. The van der Waals surface area contributed by atoms with Crippen LogP contribution in [0.3, 0.4) is 0 Å². The van der Waals surface area contributed by atoms with Gasteiger partial charge in [-0.1, -0.05) is 30.3 Å². The number of amides is 2. The molecule has 7 nitrogen and oxygen atoms in total. The van der Waals surface area contributed by atoms with Crippen LogP contribution in [0.4, 0.5) is 10.7 Å². The molecule has 1 heterocycles. The molecule has 0 radical (unpaired) electrons. The SMILES string of the molecule is CC(C#N)CNC(=O)Nc1nncc(-c2ccccc2)n1. The zero-order chi connectivity index (χ0) is 15.1. The van der Waals surface area contributed by atoms with Crippen molar-refractivity contribution in [3.05, 3.63) is 36.5 Å². The van der Waals surface area contributed by atoms with Crippen molar-refractivity contribution in [3.8, 4) is 17.3 Å². The number of nitrogens with zero attached hydrogens (tertiary/aromatic N) is 4. The molecule has 0 bridgehead atoms. The fraction of sp³-hybridized carbons (Fsp3) is 0.214. The number of carbonyl (C=O) groups is 1. The lowest BCUT2D eigenvalue weighted by molar-refractivity contribution is 0.251. The molecule has 1 atom stereocenters. The van der Waals surface area contributed by atoms with E-state index in [0.29, 0.717) is 5.69 Å². The Morgan fingerprint density at radius 2 is 2.14 bits per heavy atom. The molecule has 0 fully saturated rings. The summed E-state index contributed by atoms with van der Waals surface area (Å²) in [5, 5.41) is 21.3. The fourth-order valence-electron chi connectivity index (χ4n) is 1.54. The van der Waals surface area contributed by atoms with E-state index in [1.165, 1.54) is 6.20 Å². The van der Waals surface area contributed by atoms with Gasteiger partial charge in [0.1, 0.15) is 0 Å². The van der Waals surface area contributed by atoms with Gasteiger partial charge in [0, 0.05) is 12.1 Å². The predicted molar refractivity (Wildman–Crippen MR) is 77.1 cm³/mol. The maximum atomic E-state index is 11.6. The zero-order valence-electron chi connectivity index (χ0n) is 11.4. The van der Waals surface area contributed by atoms with Gasteiger partial charge in [-0.25, -0.2) is 9.78 Å². The second-order valence-corrected chi connectivity index (χ2v) is 4.40. The van der Waals surface area contributed by atoms with Crippen molar-refractivity contribution >= 4 is 12.0 Å². The highest BCUT2D eigenvalue weighted by Gasteiger charge is 2.08. The highest BCUT2D eigenvalue weighted by atomic mass is 16.2. The average Bonchev–Trinajstić information content (AvgIpc) is 2.53. The molecule has 106 valence electrons. The second kappa shape index (κ2) is 6.96. The monoisotopic (exact) mass is 282 g/mol. The standard InChI is InChI=1S/C14H14N6O/c1-10(7-15)8-16-14(21)19-13-18-12(9-17-20-13)11-5-3-2-4-6-11/h2-6,9-10H,8H2,1H3,(H2,16,18,19,20,21). The molecule has 0 aliphatic heterocycles. The van der Waals surface area contributed by atoms with Gasteiger partial charge in [-0.05, 0) is 6.92 Å². The van der Waals surface area contributed by atoms with Gasteiger partial charge in [-0.3, -0.25) is 5.32 Å². The van der Waals surface area contributed by atoms with E-state index in [1.54, 1.807) is 6.92 Å². The Morgan fingerprint density at radius 1 is 1.38 bits per heavy atom. The van der Waals surface area contributed by atoms with Crippen LogP contribution in [0.15, 0.2) is 36.5 Å². The van der Waals surface area contributed by atoms with Crippen LogP contribution in [-0.2, 0) is 0 Å². The number of nitrogens with one attached hydrogen (secondary N) is 2. The van der Waals surface area contributed by atoms with Crippen LogP contribution in [0.1, 0.15) is 6.92 Å². The number of urea groups is 1. The number of carbonyl (C=O) groups excluding carboxylic acids is 1. The summed E-state index contributed by atoms with van der Waals surface area (Å²) in [5.74, 6) is -0.149. The molecule has 0 aliphatic carbocycles. The summed E-state index contributed by atoms with van der Waals surface area (Å²) in [6.45, 7) is 1.97. The van der Waals surface area contributed by atoms with Crippen molar-refractivity contribution in [2.45, 2.75) is 6.92 Å². The molecule has 21 heavy (non-hydrogen) atoms. The number of aromatic nitrogens is 3. The largest absolute Gasteiger partial charge is 0.336 e. The molecule has 2 N–H and O–H groups in total. The minimum absolute atomic E-state index is 0.110. The normalized spacial score (nSPS) is 11.2. The molecule has 1 aromatic carbocycles. The van der Waals surface area contributed by atoms with Crippen LogP contribution < -0.4 is 10.6 Å². The van der Waals surface area contributed by atoms with Gasteiger partial charge < -0.3 is 5.32 Å². The Morgan fingerprint density at radius 3 is 2.86 bits per heavy atom. The lowest BCUT2D eigenvalue weighted by Crippen LogP contribution is -2.32. The molecule has 0 saturated heterocycles. The molecule has 1 unspecified atom stereocenters. The Labute approximate surface area is 122 Å². The summed E-state index contributed by atoms with van der Waals surface area (Å²) < 4.78 is 0. The van der Waals surface area contributed by atoms with Crippen LogP contribution in [0.5, 0.6) is 0 Å².